The van der Waals surface area contributed by atoms with E-state index in [0.29, 0.717) is 22.4 Å². The first-order chi connectivity index (χ1) is 10.6. The third-order valence-electron chi connectivity index (χ3n) is 3.24. The van der Waals surface area contributed by atoms with Crippen LogP contribution in [0.3, 0.4) is 0 Å². The van der Waals surface area contributed by atoms with Gasteiger partial charge in [0.15, 0.2) is 11.5 Å². The van der Waals surface area contributed by atoms with Crippen molar-refractivity contribution in [1.29, 1.82) is 0 Å². The molecule has 0 spiro atoms. The molecule has 6 heteroatoms. The highest BCUT2D eigenvalue weighted by atomic mass is 127. The third kappa shape index (κ3) is 2.54. The van der Waals surface area contributed by atoms with Crippen LogP contribution in [0.4, 0.5) is 0 Å². The zero-order valence-electron chi connectivity index (χ0n) is 11.9. The van der Waals surface area contributed by atoms with Gasteiger partial charge in [0.25, 0.3) is 0 Å². The van der Waals surface area contributed by atoms with Crippen LogP contribution < -0.4 is 15.1 Å². The van der Waals surface area contributed by atoms with Gasteiger partial charge in [-0.05, 0) is 34.7 Å². The highest BCUT2D eigenvalue weighted by molar-refractivity contribution is 14.1. The van der Waals surface area contributed by atoms with Crippen molar-refractivity contribution >= 4 is 33.5 Å². The summed E-state index contributed by atoms with van der Waals surface area (Å²) < 4.78 is 16.8. The second-order valence-corrected chi connectivity index (χ2v) is 5.67. The predicted molar refractivity (Wildman–Crippen MR) is 91.5 cm³/mol. The first-order valence-electron chi connectivity index (χ1n) is 6.46. The lowest BCUT2D eigenvalue weighted by Crippen LogP contribution is -2.04. The average Bonchev–Trinajstić information content (AvgIpc) is 2.54. The minimum atomic E-state index is -0.458. The Morgan fingerprint density at radius 3 is 2.45 bits per heavy atom. The number of fused-ring (bicyclic) bond motifs is 1. The molecule has 1 heterocycles. The van der Waals surface area contributed by atoms with Crippen molar-refractivity contribution in [2.75, 3.05) is 14.2 Å². The second kappa shape index (κ2) is 5.96. The van der Waals surface area contributed by atoms with E-state index < -0.39 is 5.63 Å². The fourth-order valence-corrected chi connectivity index (χ4v) is 2.77. The van der Waals surface area contributed by atoms with Gasteiger partial charge in [0, 0.05) is 15.7 Å². The Morgan fingerprint density at radius 2 is 1.77 bits per heavy atom. The van der Waals surface area contributed by atoms with Gasteiger partial charge in [-0.3, -0.25) is 0 Å². The summed E-state index contributed by atoms with van der Waals surface area (Å²) in [5.41, 5.74) is 0.820. The number of hydrogen-bond donors (Lipinski definition) is 0. The molecule has 0 N–H and O–H groups in total. The molecule has 0 amide bonds. The normalized spacial score (nSPS) is 10.7. The van der Waals surface area contributed by atoms with Crippen molar-refractivity contribution < 1.29 is 13.9 Å². The largest absolute Gasteiger partial charge is 0.493 e. The van der Waals surface area contributed by atoms with Crippen molar-refractivity contribution in [2.45, 2.75) is 0 Å². The Kier molecular flexibility index (Phi) is 4.02. The standard InChI is InChI=1S/C16H12INO4/c1-20-13-7-10-12(8-14(13)21-2)18-15(22-16(10)19)9-5-3-4-6-11(9)17/h3-8H,1-2H3. The number of ether oxygens (including phenoxy) is 2. The first kappa shape index (κ1) is 14.8. The van der Waals surface area contributed by atoms with Crippen LogP contribution >= 0.6 is 22.6 Å². The second-order valence-electron chi connectivity index (χ2n) is 4.51. The molecule has 0 aliphatic rings. The van der Waals surface area contributed by atoms with Crippen LogP contribution in [-0.4, -0.2) is 19.2 Å². The van der Waals surface area contributed by atoms with Crippen LogP contribution in [-0.2, 0) is 0 Å². The van der Waals surface area contributed by atoms with Crippen LogP contribution in [0.2, 0.25) is 0 Å². The van der Waals surface area contributed by atoms with E-state index in [2.05, 4.69) is 27.6 Å². The topological polar surface area (TPSA) is 61.6 Å². The Labute approximate surface area is 140 Å². The molecule has 22 heavy (non-hydrogen) atoms. The molecular formula is C16H12INO4. The Balaban J connectivity index is 2.29. The Morgan fingerprint density at radius 1 is 1.09 bits per heavy atom. The zero-order valence-corrected chi connectivity index (χ0v) is 14.1. The molecule has 0 saturated carbocycles. The van der Waals surface area contributed by atoms with Crippen molar-refractivity contribution in [2.24, 2.45) is 0 Å². The van der Waals surface area contributed by atoms with Crippen LogP contribution in [0.1, 0.15) is 0 Å². The predicted octanol–water partition coefficient (Wildman–Crippen LogP) is 3.48. The number of nitrogens with zero attached hydrogens (tertiary/aromatic N) is 1. The number of aromatic nitrogens is 1. The quantitative estimate of drug-likeness (QED) is 0.620. The van der Waals surface area contributed by atoms with Gasteiger partial charge in [-0.1, -0.05) is 12.1 Å². The van der Waals surface area contributed by atoms with E-state index in [1.54, 1.807) is 12.1 Å². The minimum absolute atomic E-state index is 0.287. The highest BCUT2D eigenvalue weighted by Crippen LogP contribution is 2.31. The SMILES string of the molecule is COc1cc2nc(-c3ccccc3I)oc(=O)c2cc1OC. The van der Waals surface area contributed by atoms with Gasteiger partial charge in [0.2, 0.25) is 5.89 Å². The summed E-state index contributed by atoms with van der Waals surface area (Å²) in [6.45, 7) is 0. The fourth-order valence-electron chi connectivity index (χ4n) is 2.15. The average molecular weight is 409 g/mol. The fraction of sp³-hybridized carbons (Fsp3) is 0.125. The van der Waals surface area contributed by atoms with E-state index in [-0.39, 0.29) is 5.89 Å². The molecule has 0 atom stereocenters. The summed E-state index contributed by atoms with van der Waals surface area (Å²) >= 11 is 2.18. The van der Waals surface area contributed by atoms with Gasteiger partial charge in [-0.2, -0.15) is 0 Å². The molecule has 3 rings (SSSR count). The molecular weight excluding hydrogens is 397 g/mol. The molecule has 0 unspecified atom stereocenters. The van der Waals surface area contributed by atoms with Crippen LogP contribution in [0.5, 0.6) is 11.5 Å². The monoisotopic (exact) mass is 409 g/mol. The lowest BCUT2D eigenvalue weighted by Gasteiger charge is -2.09. The summed E-state index contributed by atoms with van der Waals surface area (Å²) in [4.78, 5) is 16.7. The molecule has 3 aromatic rings. The van der Waals surface area contributed by atoms with Gasteiger partial charge in [-0.15, -0.1) is 0 Å². The molecule has 5 nitrogen and oxygen atoms in total. The van der Waals surface area contributed by atoms with Gasteiger partial charge in [-0.25, -0.2) is 9.78 Å². The van der Waals surface area contributed by atoms with Gasteiger partial charge in [0.1, 0.15) is 0 Å². The molecule has 112 valence electrons. The van der Waals surface area contributed by atoms with E-state index >= 15 is 0 Å². The van der Waals surface area contributed by atoms with Crippen molar-refractivity contribution in [3.8, 4) is 23.0 Å². The third-order valence-corrected chi connectivity index (χ3v) is 4.18. The molecule has 1 aromatic heterocycles. The minimum Gasteiger partial charge on any atom is -0.493 e. The molecule has 0 fully saturated rings. The molecule has 0 bridgehead atoms. The number of methoxy groups -OCH3 is 2. The van der Waals surface area contributed by atoms with E-state index in [4.69, 9.17) is 13.9 Å². The summed E-state index contributed by atoms with van der Waals surface area (Å²) in [6, 6.07) is 10.8. The number of halogens is 1. The smallest absolute Gasteiger partial charge is 0.347 e. The van der Waals surface area contributed by atoms with E-state index in [9.17, 15) is 4.79 Å². The molecule has 2 aromatic carbocycles. The Hall–Kier alpha value is -2.09. The summed E-state index contributed by atoms with van der Waals surface area (Å²) in [7, 11) is 3.05. The lowest BCUT2D eigenvalue weighted by molar-refractivity contribution is 0.355. The summed E-state index contributed by atoms with van der Waals surface area (Å²) in [5.74, 6) is 1.27. The maximum atomic E-state index is 12.2. The van der Waals surface area contributed by atoms with Crippen LogP contribution in [0, 0.1) is 3.57 Å². The van der Waals surface area contributed by atoms with Crippen molar-refractivity contribution in [3.63, 3.8) is 0 Å². The lowest BCUT2D eigenvalue weighted by atomic mass is 10.2. The van der Waals surface area contributed by atoms with E-state index in [0.717, 1.165) is 9.13 Å². The molecule has 0 aliphatic heterocycles. The van der Waals surface area contributed by atoms with Gasteiger partial charge in [0.05, 0.1) is 30.7 Å². The first-order valence-corrected chi connectivity index (χ1v) is 7.53. The summed E-state index contributed by atoms with van der Waals surface area (Å²) in [6.07, 6.45) is 0. The highest BCUT2D eigenvalue weighted by Gasteiger charge is 2.14. The Bertz CT molecular complexity index is 904. The summed E-state index contributed by atoms with van der Waals surface area (Å²) in [5, 5.41) is 0.354. The number of hydrogen-bond acceptors (Lipinski definition) is 5. The van der Waals surface area contributed by atoms with Crippen molar-refractivity contribution in [1.82, 2.24) is 4.98 Å². The van der Waals surface area contributed by atoms with Crippen LogP contribution in [0.25, 0.3) is 22.4 Å². The molecule has 0 saturated heterocycles. The maximum Gasteiger partial charge on any atom is 0.347 e. The van der Waals surface area contributed by atoms with E-state index in [1.165, 1.54) is 14.2 Å². The molecule has 0 aliphatic carbocycles. The van der Waals surface area contributed by atoms with Crippen LogP contribution in [0.15, 0.2) is 45.6 Å². The van der Waals surface area contributed by atoms with E-state index in [1.807, 2.05) is 24.3 Å². The molecule has 0 radical (unpaired) electrons. The maximum absolute atomic E-state index is 12.2. The van der Waals surface area contributed by atoms with Gasteiger partial charge < -0.3 is 13.9 Å². The number of benzene rings is 2. The number of rotatable bonds is 3. The zero-order chi connectivity index (χ0) is 15.7. The van der Waals surface area contributed by atoms with Gasteiger partial charge >= 0.3 is 5.63 Å². The van der Waals surface area contributed by atoms with Crippen molar-refractivity contribution in [3.05, 3.63) is 50.4 Å².